The molecule has 0 unspecified atom stereocenters. The second kappa shape index (κ2) is 11.3. The van der Waals surface area contributed by atoms with Gasteiger partial charge in [-0.3, -0.25) is 19.3 Å². The molecule has 0 bridgehead atoms. The van der Waals surface area contributed by atoms with Crippen LogP contribution >= 0.6 is 27.5 Å². The van der Waals surface area contributed by atoms with Crippen LogP contribution in [-0.4, -0.2) is 66.8 Å². The van der Waals surface area contributed by atoms with Gasteiger partial charge >= 0.3 is 11.8 Å². The van der Waals surface area contributed by atoms with E-state index in [1.165, 1.54) is 0 Å². The smallest absolute Gasteiger partial charge is 0.309 e. The number of hydrogen-bond acceptors (Lipinski definition) is 4. The first-order valence-electron chi connectivity index (χ1n) is 10.00. The van der Waals surface area contributed by atoms with E-state index in [0.29, 0.717) is 36.8 Å². The summed E-state index contributed by atoms with van der Waals surface area (Å²) >= 11 is 9.22. The maximum Gasteiger partial charge on any atom is 0.309 e. The van der Waals surface area contributed by atoms with Crippen molar-refractivity contribution in [2.45, 2.75) is 6.54 Å². The van der Waals surface area contributed by atoms with Gasteiger partial charge in [-0.2, -0.15) is 0 Å². The average molecular weight is 508 g/mol. The number of hydrogen-bond donors (Lipinski definition) is 2. The summed E-state index contributed by atoms with van der Waals surface area (Å²) in [7, 11) is 0. The molecule has 2 aromatic carbocycles. The van der Waals surface area contributed by atoms with Crippen molar-refractivity contribution in [3.05, 3.63) is 69.2 Å². The third-order valence-electron chi connectivity index (χ3n) is 5.02. The fourth-order valence-corrected chi connectivity index (χ4v) is 3.78. The van der Waals surface area contributed by atoms with E-state index in [1.54, 1.807) is 24.3 Å². The Kier molecular flexibility index (Phi) is 8.45. The van der Waals surface area contributed by atoms with Crippen molar-refractivity contribution in [2.75, 3.05) is 39.3 Å². The van der Waals surface area contributed by atoms with E-state index < -0.39 is 11.8 Å². The van der Waals surface area contributed by atoms with Gasteiger partial charge in [-0.05, 0) is 35.9 Å². The molecule has 1 aliphatic heterocycles. The monoisotopic (exact) mass is 506 g/mol. The van der Waals surface area contributed by atoms with Gasteiger partial charge < -0.3 is 15.5 Å². The van der Waals surface area contributed by atoms with Crippen molar-refractivity contribution in [3.63, 3.8) is 0 Å². The Labute approximate surface area is 194 Å². The minimum absolute atomic E-state index is 0.0200. The van der Waals surface area contributed by atoms with Crippen molar-refractivity contribution < 1.29 is 14.4 Å². The van der Waals surface area contributed by atoms with E-state index in [-0.39, 0.29) is 12.5 Å². The molecule has 0 saturated carbocycles. The number of amides is 3. The van der Waals surface area contributed by atoms with E-state index in [1.807, 2.05) is 29.2 Å². The predicted octanol–water partition coefficient (Wildman–Crippen LogP) is 2.29. The summed E-state index contributed by atoms with van der Waals surface area (Å²) in [5, 5.41) is 5.85. The maximum absolute atomic E-state index is 12.6. The SMILES string of the molecule is O=C(NCCN1CCN(C(=O)c2cccc(Br)c2)CC1)C(=O)NCc1ccc(Cl)cc1. The van der Waals surface area contributed by atoms with Gasteiger partial charge in [-0.1, -0.05) is 45.7 Å². The third-order valence-corrected chi connectivity index (χ3v) is 5.76. The lowest BCUT2D eigenvalue weighted by Crippen LogP contribution is -2.50. The van der Waals surface area contributed by atoms with Gasteiger partial charge in [0.05, 0.1) is 0 Å². The number of carbonyl (C=O) groups excluding carboxylic acids is 3. The topological polar surface area (TPSA) is 81.8 Å². The van der Waals surface area contributed by atoms with Crippen LogP contribution in [0.4, 0.5) is 0 Å². The zero-order chi connectivity index (χ0) is 22.2. The summed E-state index contributed by atoms with van der Waals surface area (Å²) < 4.78 is 0.880. The molecule has 2 aromatic rings. The largest absolute Gasteiger partial charge is 0.347 e. The van der Waals surface area contributed by atoms with E-state index in [4.69, 9.17) is 11.6 Å². The molecule has 164 valence electrons. The fraction of sp³-hybridized carbons (Fsp3) is 0.318. The van der Waals surface area contributed by atoms with E-state index in [2.05, 4.69) is 31.5 Å². The predicted molar refractivity (Wildman–Crippen MR) is 123 cm³/mol. The molecule has 1 heterocycles. The van der Waals surface area contributed by atoms with Crippen LogP contribution in [0.2, 0.25) is 5.02 Å². The maximum atomic E-state index is 12.6. The normalized spacial score (nSPS) is 14.2. The number of rotatable bonds is 6. The van der Waals surface area contributed by atoms with Gasteiger partial charge in [0, 0.05) is 60.9 Å². The van der Waals surface area contributed by atoms with Crippen molar-refractivity contribution in [1.82, 2.24) is 20.4 Å². The Morgan fingerprint density at radius 2 is 1.61 bits per heavy atom. The lowest BCUT2D eigenvalue weighted by Gasteiger charge is -2.34. The summed E-state index contributed by atoms with van der Waals surface area (Å²) in [6.45, 7) is 3.94. The quantitative estimate of drug-likeness (QED) is 0.588. The molecule has 31 heavy (non-hydrogen) atoms. The molecule has 0 aromatic heterocycles. The van der Waals surface area contributed by atoms with Crippen molar-refractivity contribution in [1.29, 1.82) is 0 Å². The Balaban J connectivity index is 1.34. The fourth-order valence-electron chi connectivity index (χ4n) is 3.25. The highest BCUT2D eigenvalue weighted by Crippen LogP contribution is 2.14. The number of piperazine rings is 1. The first kappa shape index (κ1) is 23.2. The molecule has 0 atom stereocenters. The summed E-state index contributed by atoms with van der Waals surface area (Å²) in [5.74, 6) is -1.30. The van der Waals surface area contributed by atoms with Gasteiger partial charge in [-0.15, -0.1) is 0 Å². The second-order valence-corrected chi connectivity index (χ2v) is 8.56. The lowest BCUT2D eigenvalue weighted by atomic mass is 10.2. The summed E-state index contributed by atoms with van der Waals surface area (Å²) in [4.78, 5) is 40.5. The van der Waals surface area contributed by atoms with E-state index in [9.17, 15) is 14.4 Å². The number of nitrogens with one attached hydrogen (secondary N) is 2. The highest BCUT2D eigenvalue weighted by molar-refractivity contribution is 9.10. The Bertz CT molecular complexity index is 931. The van der Waals surface area contributed by atoms with Gasteiger partial charge in [0.15, 0.2) is 0 Å². The van der Waals surface area contributed by atoms with Crippen LogP contribution in [0.1, 0.15) is 15.9 Å². The molecule has 9 heteroatoms. The van der Waals surface area contributed by atoms with Crippen molar-refractivity contribution in [3.8, 4) is 0 Å². The van der Waals surface area contributed by atoms with Crippen LogP contribution in [0.3, 0.4) is 0 Å². The molecule has 1 saturated heterocycles. The zero-order valence-electron chi connectivity index (χ0n) is 16.9. The Morgan fingerprint density at radius 1 is 0.935 bits per heavy atom. The molecule has 1 fully saturated rings. The van der Waals surface area contributed by atoms with Crippen LogP contribution in [0.25, 0.3) is 0 Å². The van der Waals surface area contributed by atoms with Crippen LogP contribution in [-0.2, 0) is 16.1 Å². The molecular formula is C22H24BrClN4O3. The van der Waals surface area contributed by atoms with Crippen LogP contribution in [0.5, 0.6) is 0 Å². The minimum Gasteiger partial charge on any atom is -0.347 e. The first-order chi connectivity index (χ1) is 14.9. The number of carbonyl (C=O) groups is 3. The van der Waals surface area contributed by atoms with Crippen LogP contribution in [0.15, 0.2) is 53.0 Å². The van der Waals surface area contributed by atoms with E-state index >= 15 is 0 Å². The molecule has 0 radical (unpaired) electrons. The Morgan fingerprint density at radius 3 is 2.29 bits per heavy atom. The average Bonchev–Trinajstić information content (AvgIpc) is 2.78. The van der Waals surface area contributed by atoms with Gasteiger partial charge in [0.25, 0.3) is 5.91 Å². The van der Waals surface area contributed by atoms with E-state index in [0.717, 1.165) is 23.1 Å². The lowest BCUT2D eigenvalue weighted by molar-refractivity contribution is -0.139. The first-order valence-corrected chi connectivity index (χ1v) is 11.2. The summed E-state index contributed by atoms with van der Waals surface area (Å²) in [6, 6.07) is 14.4. The van der Waals surface area contributed by atoms with Crippen molar-refractivity contribution >= 4 is 45.3 Å². The molecule has 0 aliphatic carbocycles. The molecule has 3 amide bonds. The molecule has 3 rings (SSSR count). The Hall–Kier alpha value is -2.42. The van der Waals surface area contributed by atoms with Crippen LogP contribution in [0, 0.1) is 0 Å². The third kappa shape index (κ3) is 7.05. The number of halogens is 2. The van der Waals surface area contributed by atoms with Gasteiger partial charge in [-0.25, -0.2) is 0 Å². The molecule has 7 nitrogen and oxygen atoms in total. The molecule has 2 N–H and O–H groups in total. The highest BCUT2D eigenvalue weighted by atomic mass is 79.9. The van der Waals surface area contributed by atoms with Gasteiger partial charge in [0.2, 0.25) is 0 Å². The van der Waals surface area contributed by atoms with Crippen LogP contribution < -0.4 is 10.6 Å². The van der Waals surface area contributed by atoms with Gasteiger partial charge in [0.1, 0.15) is 0 Å². The minimum atomic E-state index is -0.667. The summed E-state index contributed by atoms with van der Waals surface area (Å²) in [5.41, 5.74) is 1.53. The highest BCUT2D eigenvalue weighted by Gasteiger charge is 2.22. The zero-order valence-corrected chi connectivity index (χ0v) is 19.3. The number of benzene rings is 2. The molecule has 0 spiro atoms. The second-order valence-electron chi connectivity index (χ2n) is 7.21. The number of nitrogens with zero attached hydrogens (tertiary/aromatic N) is 2. The molecule has 1 aliphatic rings. The standard InChI is InChI=1S/C22H24BrClN4O3/c23-18-3-1-2-17(14-18)22(31)28-12-10-27(11-13-28)9-8-25-20(29)21(30)26-15-16-4-6-19(24)7-5-16/h1-7,14H,8-13,15H2,(H,25,29)(H,26,30). The summed E-state index contributed by atoms with van der Waals surface area (Å²) in [6.07, 6.45) is 0. The molecular weight excluding hydrogens is 484 g/mol. The van der Waals surface area contributed by atoms with Crippen molar-refractivity contribution in [2.24, 2.45) is 0 Å².